The normalized spacial score (nSPS) is 15.4. The average Bonchev–Trinajstić information content (AvgIpc) is 3.24. The van der Waals surface area contributed by atoms with Gasteiger partial charge in [0.25, 0.3) is 0 Å². The number of nitrogens with zero attached hydrogens (tertiary/aromatic N) is 2. The van der Waals surface area contributed by atoms with Crippen LogP contribution in [0.25, 0.3) is 0 Å². The Morgan fingerprint density at radius 3 is 2.59 bits per heavy atom. The molecule has 0 radical (unpaired) electrons. The molecule has 10 heteroatoms. The number of rotatable bonds is 8. The van der Waals surface area contributed by atoms with Gasteiger partial charge in [0.05, 0.1) is 11.3 Å². The molecule has 158 valence electrons. The Hall–Kier alpha value is -2.07. The van der Waals surface area contributed by atoms with Crippen molar-refractivity contribution >= 4 is 27.7 Å². The third-order valence-corrected chi connectivity index (χ3v) is 6.94. The molecular weight excluding hydrogens is 418 g/mol. The Balaban J connectivity index is 1.37. The molecule has 1 fully saturated rings. The molecule has 29 heavy (non-hydrogen) atoms. The molecule has 1 aliphatic rings. The van der Waals surface area contributed by atoms with Crippen LogP contribution in [0, 0.1) is 0 Å². The van der Waals surface area contributed by atoms with Gasteiger partial charge in [-0.15, -0.1) is 0 Å². The number of urea groups is 1. The number of carbonyl (C=O) groups is 1. The lowest BCUT2D eigenvalue weighted by molar-refractivity contribution is 0.104. The first-order chi connectivity index (χ1) is 14.0. The van der Waals surface area contributed by atoms with Gasteiger partial charge in [0, 0.05) is 39.3 Å². The molecule has 1 saturated heterocycles. The van der Waals surface area contributed by atoms with Crippen LogP contribution in [-0.2, 0) is 21.4 Å². The standard InChI is InChI=1S/C19H24ClN3O5S/c20-17-6-1-2-7-18(17)29(25,26)23-11-9-22(10-12-23)19(24)21-8-4-13-27-15-16-5-3-14-28-16/h1-3,5-7,14H,4,8-13,15H2,(H,21,24). The number of furan rings is 1. The highest BCUT2D eigenvalue weighted by Crippen LogP contribution is 2.24. The van der Waals surface area contributed by atoms with E-state index < -0.39 is 10.0 Å². The van der Waals surface area contributed by atoms with Crippen LogP contribution in [-0.4, -0.2) is 63.0 Å². The minimum atomic E-state index is -3.67. The van der Waals surface area contributed by atoms with Gasteiger partial charge >= 0.3 is 6.03 Å². The van der Waals surface area contributed by atoms with Gasteiger partial charge in [-0.1, -0.05) is 23.7 Å². The molecule has 8 nitrogen and oxygen atoms in total. The molecule has 0 atom stereocenters. The van der Waals surface area contributed by atoms with Gasteiger partial charge in [-0.3, -0.25) is 0 Å². The maximum absolute atomic E-state index is 12.7. The third-order valence-electron chi connectivity index (χ3n) is 4.55. The third kappa shape index (κ3) is 5.72. The number of piperazine rings is 1. The van der Waals surface area contributed by atoms with Gasteiger partial charge in [-0.25, -0.2) is 13.2 Å². The van der Waals surface area contributed by atoms with Crippen LogP contribution in [0.4, 0.5) is 4.79 Å². The summed E-state index contributed by atoms with van der Waals surface area (Å²) in [5.74, 6) is 0.763. The Morgan fingerprint density at radius 1 is 1.14 bits per heavy atom. The van der Waals surface area contributed by atoms with E-state index in [4.69, 9.17) is 20.8 Å². The van der Waals surface area contributed by atoms with E-state index in [0.717, 1.165) is 5.76 Å². The molecule has 0 aliphatic carbocycles. The van der Waals surface area contributed by atoms with Crippen molar-refractivity contribution in [1.82, 2.24) is 14.5 Å². The van der Waals surface area contributed by atoms with Crippen LogP contribution in [0.2, 0.25) is 5.02 Å². The van der Waals surface area contributed by atoms with Gasteiger partial charge in [-0.05, 0) is 30.7 Å². The summed E-state index contributed by atoms with van der Waals surface area (Å²) in [4.78, 5) is 14.0. The molecule has 2 heterocycles. The first-order valence-electron chi connectivity index (χ1n) is 9.36. The second kappa shape index (κ2) is 10.1. The largest absolute Gasteiger partial charge is 0.467 e. The molecular formula is C19H24ClN3O5S. The number of halogens is 1. The fraction of sp³-hybridized carbons (Fsp3) is 0.421. The molecule has 1 N–H and O–H groups in total. The minimum Gasteiger partial charge on any atom is -0.467 e. The van der Waals surface area contributed by atoms with Crippen molar-refractivity contribution in [3.8, 4) is 0 Å². The SMILES string of the molecule is O=C(NCCCOCc1ccco1)N1CCN(S(=O)(=O)c2ccccc2Cl)CC1. The van der Waals surface area contributed by atoms with Crippen molar-refractivity contribution < 1.29 is 22.4 Å². The maximum atomic E-state index is 12.7. The lowest BCUT2D eigenvalue weighted by Crippen LogP contribution is -2.53. The maximum Gasteiger partial charge on any atom is 0.317 e. The number of carbonyl (C=O) groups excluding carboxylic acids is 1. The zero-order chi connectivity index (χ0) is 20.7. The van der Waals surface area contributed by atoms with Gasteiger partial charge in [0.15, 0.2) is 0 Å². The summed E-state index contributed by atoms with van der Waals surface area (Å²) >= 11 is 6.03. The zero-order valence-corrected chi connectivity index (χ0v) is 17.5. The number of amides is 2. The zero-order valence-electron chi connectivity index (χ0n) is 15.9. The molecule has 0 saturated carbocycles. The summed E-state index contributed by atoms with van der Waals surface area (Å²) in [6.45, 7) is 2.50. The van der Waals surface area contributed by atoms with Gasteiger partial charge in [0.2, 0.25) is 10.0 Å². The first-order valence-corrected chi connectivity index (χ1v) is 11.2. The number of hydrogen-bond donors (Lipinski definition) is 1. The van der Waals surface area contributed by atoms with E-state index in [1.165, 1.54) is 10.4 Å². The van der Waals surface area contributed by atoms with Gasteiger partial charge < -0.3 is 19.4 Å². The molecule has 0 unspecified atom stereocenters. The fourth-order valence-electron chi connectivity index (χ4n) is 2.97. The van der Waals surface area contributed by atoms with Crippen molar-refractivity contribution in [2.75, 3.05) is 39.3 Å². The number of ether oxygens (including phenoxy) is 1. The van der Waals surface area contributed by atoms with Crippen LogP contribution in [0.1, 0.15) is 12.2 Å². The summed E-state index contributed by atoms with van der Waals surface area (Å²) in [5.41, 5.74) is 0. The highest BCUT2D eigenvalue weighted by Gasteiger charge is 2.31. The molecule has 1 aromatic heterocycles. The summed E-state index contributed by atoms with van der Waals surface area (Å²) in [6.07, 6.45) is 2.27. The van der Waals surface area contributed by atoms with E-state index in [1.807, 2.05) is 6.07 Å². The molecule has 1 aliphatic heterocycles. The van der Waals surface area contributed by atoms with E-state index in [1.54, 1.807) is 35.4 Å². The molecule has 3 rings (SSSR count). The minimum absolute atomic E-state index is 0.0918. The molecule has 0 spiro atoms. The van der Waals surface area contributed by atoms with E-state index >= 15 is 0 Å². The Bertz CT molecular complexity index is 896. The number of hydrogen-bond acceptors (Lipinski definition) is 5. The second-order valence-electron chi connectivity index (χ2n) is 6.54. The molecule has 2 amide bonds. The van der Waals surface area contributed by atoms with Crippen LogP contribution in [0.5, 0.6) is 0 Å². The highest BCUT2D eigenvalue weighted by atomic mass is 35.5. The van der Waals surface area contributed by atoms with Gasteiger partial charge in [0.1, 0.15) is 17.3 Å². The second-order valence-corrected chi connectivity index (χ2v) is 8.85. The lowest BCUT2D eigenvalue weighted by Gasteiger charge is -2.34. The summed E-state index contributed by atoms with van der Waals surface area (Å²) in [6, 6.07) is 9.81. The van der Waals surface area contributed by atoms with E-state index in [2.05, 4.69) is 5.32 Å². The highest BCUT2D eigenvalue weighted by molar-refractivity contribution is 7.89. The summed E-state index contributed by atoms with van der Waals surface area (Å²) in [5, 5.41) is 3.03. The van der Waals surface area contributed by atoms with Crippen LogP contribution >= 0.6 is 11.6 Å². The topological polar surface area (TPSA) is 92.1 Å². The predicted octanol–water partition coefficient (Wildman–Crippen LogP) is 2.56. The Morgan fingerprint density at radius 2 is 1.90 bits per heavy atom. The Kier molecular flexibility index (Phi) is 7.54. The molecule has 1 aromatic carbocycles. The van der Waals surface area contributed by atoms with Crippen LogP contribution in [0.3, 0.4) is 0 Å². The van der Waals surface area contributed by atoms with E-state index in [9.17, 15) is 13.2 Å². The smallest absolute Gasteiger partial charge is 0.317 e. The first kappa shape index (κ1) is 21.6. The number of benzene rings is 1. The summed E-state index contributed by atoms with van der Waals surface area (Å²) in [7, 11) is -3.67. The lowest BCUT2D eigenvalue weighted by atomic mass is 10.4. The average molecular weight is 442 g/mol. The summed E-state index contributed by atoms with van der Waals surface area (Å²) < 4.78 is 37.5. The van der Waals surface area contributed by atoms with Crippen molar-refractivity contribution in [1.29, 1.82) is 0 Å². The van der Waals surface area contributed by atoms with Crippen molar-refractivity contribution in [3.05, 3.63) is 53.4 Å². The number of nitrogens with one attached hydrogen (secondary N) is 1. The van der Waals surface area contributed by atoms with Gasteiger partial charge in [-0.2, -0.15) is 4.31 Å². The van der Waals surface area contributed by atoms with Crippen LogP contribution < -0.4 is 5.32 Å². The van der Waals surface area contributed by atoms with Crippen molar-refractivity contribution in [2.45, 2.75) is 17.9 Å². The molecule has 2 aromatic rings. The quantitative estimate of drug-likeness (QED) is 0.635. The monoisotopic (exact) mass is 441 g/mol. The van der Waals surface area contributed by atoms with E-state index in [0.29, 0.717) is 39.3 Å². The van der Waals surface area contributed by atoms with Crippen molar-refractivity contribution in [2.24, 2.45) is 0 Å². The van der Waals surface area contributed by atoms with Crippen molar-refractivity contribution in [3.63, 3.8) is 0 Å². The predicted molar refractivity (Wildman–Crippen MR) is 108 cm³/mol. The fourth-order valence-corrected chi connectivity index (χ4v) is 4.89. The molecule has 0 bridgehead atoms. The van der Waals surface area contributed by atoms with E-state index in [-0.39, 0.29) is 29.0 Å². The van der Waals surface area contributed by atoms with Crippen LogP contribution in [0.15, 0.2) is 52.0 Å². The Labute approximate surface area is 175 Å². The number of sulfonamides is 1.